The van der Waals surface area contributed by atoms with Crippen molar-refractivity contribution >= 4 is 7.37 Å². The molecule has 0 unspecified atom stereocenters. The van der Waals surface area contributed by atoms with Crippen LogP contribution in [0.25, 0.3) is 0 Å². The zero-order chi connectivity index (χ0) is 14.7. The number of rotatable bonds is 12. The average Bonchev–Trinajstić information content (AvgIpc) is 2.38. The number of hydrogen-bond donors (Lipinski definition) is 0. The first-order valence-corrected chi connectivity index (χ1v) is 8.57. The Balaban J connectivity index is 5.17. The predicted octanol–water partition coefficient (Wildman–Crippen LogP) is 3.01. The molecule has 0 aliphatic heterocycles. The molecule has 0 aromatic rings. The van der Waals surface area contributed by atoms with Crippen molar-refractivity contribution in [2.75, 3.05) is 33.0 Å². The lowest BCUT2D eigenvalue weighted by atomic mass is 10.8. The van der Waals surface area contributed by atoms with Crippen LogP contribution in [-0.2, 0) is 28.0 Å². The van der Waals surface area contributed by atoms with Gasteiger partial charge in [0.05, 0.1) is 6.61 Å². The van der Waals surface area contributed by atoms with Gasteiger partial charge in [-0.2, -0.15) is 0 Å². The van der Waals surface area contributed by atoms with Gasteiger partial charge in [-0.25, -0.2) is 0 Å². The van der Waals surface area contributed by atoms with E-state index < -0.39 is 19.4 Å². The van der Waals surface area contributed by atoms with E-state index in [-0.39, 0.29) is 6.61 Å². The molecule has 0 amide bonds. The first-order valence-electron chi connectivity index (χ1n) is 6.80. The van der Waals surface area contributed by atoms with Crippen molar-refractivity contribution in [3.8, 4) is 0 Å². The Hall–Kier alpha value is 0.0300. The first kappa shape index (κ1) is 19.0. The second-order valence-electron chi connectivity index (χ2n) is 3.50. The number of hydrogen-bond acceptors (Lipinski definition) is 6. The molecule has 0 N–H and O–H groups in total. The van der Waals surface area contributed by atoms with Crippen molar-refractivity contribution in [3.63, 3.8) is 0 Å². The molecule has 19 heavy (non-hydrogen) atoms. The molecule has 0 rings (SSSR count). The van der Waals surface area contributed by atoms with E-state index in [1.54, 1.807) is 34.6 Å². The minimum absolute atomic E-state index is 0.268. The summed E-state index contributed by atoms with van der Waals surface area (Å²) in [7, 11) is -3.39. The average molecular weight is 298 g/mol. The quantitative estimate of drug-likeness (QED) is 0.407. The highest BCUT2D eigenvalue weighted by atomic mass is 31.2. The van der Waals surface area contributed by atoms with Crippen LogP contribution in [0.3, 0.4) is 0 Å². The Morgan fingerprint density at radius 1 is 0.684 bits per heavy atom. The van der Waals surface area contributed by atoms with Crippen molar-refractivity contribution in [3.05, 3.63) is 0 Å². The molecule has 0 bridgehead atoms. The van der Waals surface area contributed by atoms with Crippen molar-refractivity contribution in [1.82, 2.24) is 0 Å². The third-order valence-electron chi connectivity index (χ3n) is 2.16. The summed E-state index contributed by atoms with van der Waals surface area (Å²) in [5.74, 6) is 0. The summed E-state index contributed by atoms with van der Waals surface area (Å²) in [4.78, 5) is 0. The molecule has 0 aromatic carbocycles. The number of ether oxygens (including phenoxy) is 4. The summed E-state index contributed by atoms with van der Waals surface area (Å²) in [6.45, 7) is 10.7. The van der Waals surface area contributed by atoms with E-state index in [4.69, 9.17) is 23.5 Å². The minimum Gasteiger partial charge on any atom is -0.344 e. The van der Waals surface area contributed by atoms with Gasteiger partial charge in [0, 0.05) is 26.4 Å². The molecule has 0 radical (unpaired) electrons. The van der Waals surface area contributed by atoms with E-state index in [9.17, 15) is 4.57 Å². The second-order valence-corrected chi connectivity index (χ2v) is 5.89. The summed E-state index contributed by atoms with van der Waals surface area (Å²) >= 11 is 0. The molecule has 116 valence electrons. The Labute approximate surface area is 116 Å². The fourth-order valence-electron chi connectivity index (χ4n) is 1.50. The van der Waals surface area contributed by atoms with Crippen molar-refractivity contribution in [2.45, 2.75) is 46.7 Å². The van der Waals surface area contributed by atoms with Crippen LogP contribution < -0.4 is 0 Å². The zero-order valence-electron chi connectivity index (χ0n) is 12.6. The van der Waals surface area contributed by atoms with Gasteiger partial charge in [0.25, 0.3) is 0 Å². The Kier molecular flexibility index (Phi) is 10.8. The molecular weight excluding hydrogens is 271 g/mol. The molecule has 0 saturated carbocycles. The van der Waals surface area contributed by atoms with Gasteiger partial charge >= 0.3 is 7.37 Å². The molecule has 0 saturated heterocycles. The second kappa shape index (κ2) is 10.8. The summed E-state index contributed by atoms with van der Waals surface area (Å²) in [5.41, 5.74) is 0. The summed E-state index contributed by atoms with van der Waals surface area (Å²) in [6, 6.07) is -1.93. The molecule has 7 heteroatoms. The summed E-state index contributed by atoms with van der Waals surface area (Å²) in [5, 5.41) is 0. The van der Waals surface area contributed by atoms with Crippen LogP contribution in [0.1, 0.15) is 34.6 Å². The Bertz CT molecular complexity index is 229. The van der Waals surface area contributed by atoms with Crippen LogP contribution in [0.5, 0.6) is 0 Å². The van der Waals surface area contributed by atoms with Gasteiger partial charge in [-0.15, -0.1) is 0 Å². The topological polar surface area (TPSA) is 63.2 Å². The van der Waals surface area contributed by atoms with Gasteiger partial charge in [0.1, 0.15) is 0 Å². The summed E-state index contributed by atoms with van der Waals surface area (Å²) < 4.78 is 40.1. The lowest BCUT2D eigenvalue weighted by molar-refractivity contribution is -0.124. The van der Waals surface area contributed by atoms with E-state index in [0.717, 1.165) is 0 Å². The zero-order valence-corrected chi connectivity index (χ0v) is 13.5. The van der Waals surface area contributed by atoms with Crippen LogP contribution >= 0.6 is 7.37 Å². The molecule has 0 spiro atoms. The monoisotopic (exact) mass is 298 g/mol. The third-order valence-corrected chi connectivity index (χ3v) is 4.59. The SMILES string of the molecule is CCOC(OCC)P(=O)(OCC)C(OCC)OCC. The van der Waals surface area contributed by atoms with Gasteiger partial charge in [0.2, 0.25) is 12.1 Å². The normalized spacial score (nSPS) is 12.6. The van der Waals surface area contributed by atoms with E-state index in [2.05, 4.69) is 0 Å². The van der Waals surface area contributed by atoms with Gasteiger partial charge in [-0.3, -0.25) is 4.57 Å². The smallest absolute Gasteiger partial charge is 0.311 e. The Morgan fingerprint density at radius 3 is 1.21 bits per heavy atom. The van der Waals surface area contributed by atoms with Crippen LogP contribution in [0.4, 0.5) is 0 Å². The lowest BCUT2D eigenvalue weighted by Crippen LogP contribution is -2.29. The van der Waals surface area contributed by atoms with Crippen LogP contribution in [0.15, 0.2) is 0 Å². The largest absolute Gasteiger partial charge is 0.344 e. The first-order chi connectivity index (χ1) is 9.10. The highest BCUT2D eigenvalue weighted by Crippen LogP contribution is 2.58. The van der Waals surface area contributed by atoms with E-state index in [1.807, 2.05) is 0 Å². The van der Waals surface area contributed by atoms with Gasteiger partial charge in [-0.1, -0.05) is 0 Å². The standard InChI is InChI=1S/C12H27O6P/c1-6-14-11(15-7-2)19(13,18-10-5)12(16-8-3)17-9-4/h11-12H,6-10H2,1-5H3. The fourth-order valence-corrected chi connectivity index (χ4v) is 3.78. The van der Waals surface area contributed by atoms with Crippen molar-refractivity contribution in [2.24, 2.45) is 0 Å². The molecule has 0 aliphatic carbocycles. The molecule has 6 nitrogen and oxygen atoms in total. The van der Waals surface area contributed by atoms with Crippen LogP contribution in [0, 0.1) is 0 Å². The van der Waals surface area contributed by atoms with E-state index in [1.165, 1.54) is 0 Å². The highest BCUT2D eigenvalue weighted by Gasteiger charge is 2.45. The van der Waals surface area contributed by atoms with Crippen molar-refractivity contribution < 1.29 is 28.0 Å². The van der Waals surface area contributed by atoms with Gasteiger partial charge in [-0.05, 0) is 34.6 Å². The minimum atomic E-state index is -3.39. The van der Waals surface area contributed by atoms with E-state index in [0.29, 0.717) is 26.4 Å². The maximum Gasteiger partial charge on any atom is 0.311 e. The molecular formula is C12H27O6P. The maximum absolute atomic E-state index is 13.1. The van der Waals surface area contributed by atoms with E-state index >= 15 is 0 Å². The maximum atomic E-state index is 13.1. The van der Waals surface area contributed by atoms with Crippen LogP contribution in [-0.4, -0.2) is 45.1 Å². The molecule has 0 aliphatic rings. The lowest BCUT2D eigenvalue weighted by Gasteiger charge is -2.31. The molecule has 0 fully saturated rings. The van der Waals surface area contributed by atoms with Gasteiger partial charge in [0.15, 0.2) is 0 Å². The molecule has 0 atom stereocenters. The fraction of sp³-hybridized carbons (Fsp3) is 1.00. The van der Waals surface area contributed by atoms with Crippen LogP contribution in [0.2, 0.25) is 0 Å². The predicted molar refractivity (Wildman–Crippen MR) is 73.3 cm³/mol. The highest BCUT2D eigenvalue weighted by molar-refractivity contribution is 7.59. The van der Waals surface area contributed by atoms with Gasteiger partial charge < -0.3 is 23.5 Å². The Morgan fingerprint density at radius 2 is 1.00 bits per heavy atom. The molecule has 0 aromatic heterocycles. The molecule has 0 heterocycles. The van der Waals surface area contributed by atoms with Crippen molar-refractivity contribution in [1.29, 1.82) is 0 Å². The third kappa shape index (κ3) is 5.90. The summed E-state index contributed by atoms with van der Waals surface area (Å²) in [6.07, 6.45) is 0.